The maximum Gasteiger partial charge on any atom is 0.303 e. The predicted molar refractivity (Wildman–Crippen MR) is 45.7 cm³/mol. The van der Waals surface area contributed by atoms with Gasteiger partial charge in [-0.1, -0.05) is 13.8 Å². The molecule has 0 aliphatic carbocycles. The Morgan fingerprint density at radius 1 is 1.67 bits per heavy atom. The van der Waals surface area contributed by atoms with Crippen LogP contribution in [0.4, 0.5) is 0 Å². The van der Waals surface area contributed by atoms with Gasteiger partial charge in [-0.2, -0.15) is 0 Å². The lowest BCUT2D eigenvalue weighted by Crippen LogP contribution is -2.39. The van der Waals surface area contributed by atoms with Gasteiger partial charge in [0.2, 0.25) is 0 Å². The van der Waals surface area contributed by atoms with E-state index in [0.717, 1.165) is 6.42 Å². The number of ether oxygens (including phenoxy) is 1. The summed E-state index contributed by atoms with van der Waals surface area (Å²) in [6.07, 6.45) is 1.51. The Kier molecular flexibility index (Phi) is 3.93. The molecule has 12 heavy (non-hydrogen) atoms. The summed E-state index contributed by atoms with van der Waals surface area (Å²) in [6, 6.07) is 0. The van der Waals surface area contributed by atoms with Crippen LogP contribution < -0.4 is 0 Å². The summed E-state index contributed by atoms with van der Waals surface area (Å²) in [7, 11) is 0. The largest absolute Gasteiger partial charge is 0.452 e. The topological polar surface area (TPSA) is 43.4 Å². The van der Waals surface area contributed by atoms with Gasteiger partial charge in [-0.15, -0.1) is 0 Å². The molecular formula is C9H16O3. The average Bonchev–Trinajstić information content (AvgIpc) is 2.01. The zero-order chi connectivity index (χ0) is 9.78. The molecule has 0 heterocycles. The lowest BCUT2D eigenvalue weighted by atomic mass is 9.90. The second-order valence-corrected chi connectivity index (χ2v) is 3.20. The van der Waals surface area contributed by atoms with Crippen molar-refractivity contribution in [2.75, 3.05) is 0 Å². The molecule has 0 aliphatic heterocycles. The van der Waals surface area contributed by atoms with Gasteiger partial charge < -0.3 is 4.74 Å². The highest BCUT2D eigenvalue weighted by molar-refractivity contribution is 5.72. The molecule has 70 valence electrons. The minimum atomic E-state index is -0.958. The summed E-state index contributed by atoms with van der Waals surface area (Å²) in [5.41, 5.74) is -0.958. The molecule has 2 atom stereocenters. The molecule has 3 heteroatoms. The van der Waals surface area contributed by atoms with E-state index >= 15 is 0 Å². The lowest BCUT2D eigenvalue weighted by Gasteiger charge is -2.28. The van der Waals surface area contributed by atoms with E-state index < -0.39 is 11.6 Å². The molecule has 0 amide bonds. The van der Waals surface area contributed by atoms with E-state index in [1.807, 2.05) is 13.8 Å². The van der Waals surface area contributed by atoms with E-state index in [0.29, 0.717) is 6.29 Å². The molecule has 0 aliphatic rings. The quantitative estimate of drug-likeness (QED) is 0.477. The minimum Gasteiger partial charge on any atom is -0.452 e. The molecule has 0 N–H and O–H groups in total. The summed E-state index contributed by atoms with van der Waals surface area (Å²) in [6.45, 7) is 6.78. The lowest BCUT2D eigenvalue weighted by molar-refractivity contribution is -0.163. The van der Waals surface area contributed by atoms with Crippen LogP contribution in [0.5, 0.6) is 0 Å². The Balaban J connectivity index is 4.43. The fourth-order valence-corrected chi connectivity index (χ4v) is 0.956. The molecule has 0 saturated carbocycles. The van der Waals surface area contributed by atoms with Crippen LogP contribution in [0.3, 0.4) is 0 Å². The first-order chi connectivity index (χ1) is 5.46. The Hall–Kier alpha value is -0.860. The molecule has 0 rings (SSSR count). The predicted octanol–water partition coefficient (Wildman–Crippen LogP) is 1.55. The van der Waals surface area contributed by atoms with Gasteiger partial charge in [0, 0.05) is 12.8 Å². The summed E-state index contributed by atoms with van der Waals surface area (Å²) < 4.78 is 4.93. The third-order valence-corrected chi connectivity index (χ3v) is 2.19. The van der Waals surface area contributed by atoms with Crippen molar-refractivity contribution in [3.63, 3.8) is 0 Å². The number of carbonyl (C=O) groups excluding carboxylic acids is 2. The fourth-order valence-electron chi connectivity index (χ4n) is 0.956. The molecule has 0 spiro atoms. The third-order valence-electron chi connectivity index (χ3n) is 2.19. The molecular weight excluding hydrogens is 156 g/mol. The van der Waals surface area contributed by atoms with Gasteiger partial charge >= 0.3 is 5.97 Å². The first-order valence-electron chi connectivity index (χ1n) is 4.12. The van der Waals surface area contributed by atoms with Gasteiger partial charge in [-0.25, -0.2) is 0 Å². The van der Waals surface area contributed by atoms with Gasteiger partial charge in [0.25, 0.3) is 0 Å². The Bertz CT molecular complexity index is 177. The second kappa shape index (κ2) is 4.24. The number of rotatable bonds is 4. The zero-order valence-electron chi connectivity index (χ0n) is 8.09. The van der Waals surface area contributed by atoms with E-state index in [2.05, 4.69) is 0 Å². The minimum absolute atomic E-state index is 0.0545. The maximum absolute atomic E-state index is 10.7. The zero-order valence-corrected chi connectivity index (χ0v) is 8.09. The van der Waals surface area contributed by atoms with Crippen molar-refractivity contribution in [2.45, 2.75) is 39.7 Å². The summed E-state index contributed by atoms with van der Waals surface area (Å²) in [5, 5.41) is 0. The van der Waals surface area contributed by atoms with E-state index in [9.17, 15) is 9.59 Å². The maximum atomic E-state index is 10.7. The van der Waals surface area contributed by atoms with Gasteiger partial charge in [0.05, 0.1) is 0 Å². The highest BCUT2D eigenvalue weighted by Crippen LogP contribution is 2.22. The summed E-state index contributed by atoms with van der Waals surface area (Å²) >= 11 is 0. The molecule has 0 aromatic carbocycles. The average molecular weight is 172 g/mol. The van der Waals surface area contributed by atoms with E-state index in [4.69, 9.17) is 4.74 Å². The fraction of sp³-hybridized carbons (Fsp3) is 0.778. The van der Waals surface area contributed by atoms with Crippen LogP contribution in [0.25, 0.3) is 0 Å². The van der Waals surface area contributed by atoms with Crippen LogP contribution in [0.15, 0.2) is 0 Å². The molecule has 3 nitrogen and oxygen atoms in total. The second-order valence-electron chi connectivity index (χ2n) is 3.20. The first kappa shape index (κ1) is 11.1. The molecule has 0 aromatic rings. The number of esters is 1. The van der Waals surface area contributed by atoms with Crippen LogP contribution in [-0.4, -0.2) is 17.9 Å². The van der Waals surface area contributed by atoms with E-state index in [1.165, 1.54) is 6.92 Å². The number of aldehydes is 1. The normalized spacial score (nSPS) is 17.7. The van der Waals surface area contributed by atoms with Crippen molar-refractivity contribution in [1.29, 1.82) is 0 Å². The molecule has 0 saturated heterocycles. The molecule has 0 fully saturated rings. The van der Waals surface area contributed by atoms with Crippen LogP contribution in [-0.2, 0) is 14.3 Å². The first-order valence-corrected chi connectivity index (χ1v) is 4.12. The monoisotopic (exact) mass is 172 g/mol. The number of hydrogen-bond donors (Lipinski definition) is 0. The molecule has 0 aromatic heterocycles. The van der Waals surface area contributed by atoms with E-state index in [1.54, 1.807) is 6.92 Å². The van der Waals surface area contributed by atoms with Crippen LogP contribution in [0.1, 0.15) is 34.1 Å². The van der Waals surface area contributed by atoms with Crippen LogP contribution in [0, 0.1) is 5.92 Å². The Labute approximate surface area is 73.1 Å². The van der Waals surface area contributed by atoms with Crippen molar-refractivity contribution >= 4 is 12.3 Å². The highest BCUT2D eigenvalue weighted by atomic mass is 16.6. The van der Waals surface area contributed by atoms with Gasteiger partial charge in [-0.3, -0.25) is 9.59 Å². The van der Waals surface area contributed by atoms with Gasteiger partial charge in [0.15, 0.2) is 11.9 Å². The van der Waals surface area contributed by atoms with Crippen molar-refractivity contribution in [2.24, 2.45) is 5.92 Å². The van der Waals surface area contributed by atoms with Crippen LogP contribution >= 0.6 is 0 Å². The number of carbonyl (C=O) groups is 2. The smallest absolute Gasteiger partial charge is 0.303 e. The summed E-state index contributed by atoms with van der Waals surface area (Å²) in [4.78, 5) is 21.3. The Morgan fingerprint density at radius 2 is 2.17 bits per heavy atom. The van der Waals surface area contributed by atoms with Crippen molar-refractivity contribution < 1.29 is 14.3 Å². The van der Waals surface area contributed by atoms with Gasteiger partial charge in [0.1, 0.15) is 0 Å². The van der Waals surface area contributed by atoms with Crippen molar-refractivity contribution in [3.05, 3.63) is 0 Å². The third kappa shape index (κ3) is 2.64. The standard InChI is InChI=1S/C9H16O3/c1-5-7(2)9(4,6-10)12-8(3)11/h6-7H,5H2,1-4H3. The van der Waals surface area contributed by atoms with Gasteiger partial charge in [-0.05, 0) is 13.3 Å². The van der Waals surface area contributed by atoms with Crippen LogP contribution in [0.2, 0.25) is 0 Å². The Morgan fingerprint density at radius 3 is 2.42 bits per heavy atom. The van der Waals surface area contributed by atoms with E-state index in [-0.39, 0.29) is 5.92 Å². The van der Waals surface area contributed by atoms with Crippen molar-refractivity contribution in [3.8, 4) is 0 Å². The molecule has 0 bridgehead atoms. The molecule has 0 radical (unpaired) electrons. The van der Waals surface area contributed by atoms with Crippen molar-refractivity contribution in [1.82, 2.24) is 0 Å². The molecule has 2 unspecified atom stereocenters. The summed E-state index contributed by atoms with van der Waals surface area (Å²) in [5.74, 6) is -0.358. The highest BCUT2D eigenvalue weighted by Gasteiger charge is 2.32. The number of hydrogen-bond acceptors (Lipinski definition) is 3. The SMILES string of the molecule is CCC(C)C(C)(C=O)OC(C)=O.